The molecule has 0 aromatic heterocycles. The molecule has 7 heavy (non-hydrogen) atoms. The highest BCUT2D eigenvalue weighted by Crippen LogP contribution is 2.20. The number of nitrogens with zero attached hydrogens (tertiary/aromatic N) is 1. The quantitative estimate of drug-likeness (QED) is 0.436. The van der Waals surface area contributed by atoms with E-state index in [1.807, 2.05) is 0 Å². The average Bonchev–Trinajstić information content (AvgIpc) is 1.31. The van der Waals surface area contributed by atoms with Crippen molar-refractivity contribution in [3.63, 3.8) is 0 Å². The minimum absolute atomic E-state index is 1.62. The van der Waals surface area contributed by atoms with E-state index in [1.54, 1.807) is 18.7 Å². The first kappa shape index (κ1) is 8.05. The first-order valence-electron chi connectivity index (χ1n) is 1.68. The van der Waals surface area contributed by atoms with Crippen LogP contribution in [0.25, 0.3) is 0 Å². The Morgan fingerprint density at radius 2 is 1.29 bits per heavy atom. The van der Waals surface area contributed by atoms with Crippen molar-refractivity contribution in [2.45, 2.75) is 0 Å². The molecule has 0 fully saturated rings. The molecule has 0 saturated carbocycles. The first-order chi connectivity index (χ1) is 2.94. The molecule has 0 bridgehead atoms. The monoisotopic (exact) mass is 177 g/mol. The maximum atomic E-state index is 5.46. The highest BCUT2D eigenvalue weighted by molar-refractivity contribution is 7.63. The summed E-state index contributed by atoms with van der Waals surface area (Å²) in [6.07, 6.45) is -2.48. The summed E-state index contributed by atoms with van der Waals surface area (Å²) in [5.41, 5.74) is 0. The van der Waals surface area contributed by atoms with Crippen LogP contribution in [-0.4, -0.2) is 24.8 Å². The predicted molar refractivity (Wildman–Crippen MR) is 37.0 cm³/mol. The highest BCUT2D eigenvalue weighted by Gasteiger charge is 2.28. The van der Waals surface area contributed by atoms with Gasteiger partial charge in [-0.25, -0.2) is 0 Å². The molecule has 0 radical (unpaired) electrons. The van der Waals surface area contributed by atoms with Crippen LogP contribution in [-0.2, 0) is 0 Å². The molecule has 0 atom stereocenters. The number of rotatable bonds is 1. The molecular formula is C2H6Cl3NSi. The van der Waals surface area contributed by atoms with E-state index in [9.17, 15) is 0 Å². The summed E-state index contributed by atoms with van der Waals surface area (Å²) in [4.78, 5) is 0. The van der Waals surface area contributed by atoms with Gasteiger partial charge < -0.3 is 0 Å². The molecule has 0 N–H and O–H groups in total. The highest BCUT2D eigenvalue weighted by atomic mass is 35.8. The molecule has 0 aliphatic heterocycles. The number of halogens is 3. The van der Waals surface area contributed by atoms with Crippen molar-refractivity contribution in [1.82, 2.24) is 4.57 Å². The fraction of sp³-hybridized carbons (Fsp3) is 1.00. The Hall–Kier alpha value is 1.05. The van der Waals surface area contributed by atoms with Gasteiger partial charge in [-0.3, -0.25) is 4.57 Å². The zero-order valence-electron chi connectivity index (χ0n) is 4.08. The van der Waals surface area contributed by atoms with Crippen LogP contribution in [0.2, 0.25) is 0 Å². The Bertz CT molecular complexity index is 58.4. The molecule has 0 unspecified atom stereocenters. The second-order valence-electron chi connectivity index (χ2n) is 1.36. The zero-order chi connectivity index (χ0) is 6.08. The SMILES string of the molecule is CN(C)[Si](Cl)(Cl)Cl. The zero-order valence-corrected chi connectivity index (χ0v) is 7.35. The van der Waals surface area contributed by atoms with E-state index in [-0.39, 0.29) is 0 Å². The van der Waals surface area contributed by atoms with Crippen LogP contribution < -0.4 is 0 Å². The van der Waals surface area contributed by atoms with E-state index in [0.29, 0.717) is 0 Å². The van der Waals surface area contributed by atoms with Gasteiger partial charge in [0.1, 0.15) is 0 Å². The lowest BCUT2D eigenvalue weighted by molar-refractivity contribution is 0.662. The van der Waals surface area contributed by atoms with Crippen molar-refractivity contribution in [1.29, 1.82) is 0 Å². The molecule has 0 aliphatic carbocycles. The number of hydrogen-bond donors (Lipinski definition) is 0. The minimum atomic E-state index is -2.48. The molecule has 0 amide bonds. The van der Waals surface area contributed by atoms with E-state index in [4.69, 9.17) is 33.2 Å². The Labute approximate surface area is 58.4 Å². The first-order valence-corrected chi connectivity index (χ1v) is 6.67. The summed E-state index contributed by atoms with van der Waals surface area (Å²) in [6, 6.07) is 0. The minimum Gasteiger partial charge on any atom is -0.293 e. The van der Waals surface area contributed by atoms with Gasteiger partial charge in [0.25, 0.3) is 0 Å². The van der Waals surface area contributed by atoms with Gasteiger partial charge in [-0.1, -0.05) is 0 Å². The molecule has 0 rings (SSSR count). The lowest BCUT2D eigenvalue weighted by Gasteiger charge is -2.14. The van der Waals surface area contributed by atoms with Crippen LogP contribution in [0, 0.1) is 0 Å². The van der Waals surface area contributed by atoms with Crippen LogP contribution in [0.4, 0.5) is 0 Å². The van der Waals surface area contributed by atoms with Crippen molar-refractivity contribution in [2.24, 2.45) is 0 Å². The molecule has 5 heteroatoms. The molecule has 0 heterocycles. The van der Waals surface area contributed by atoms with Gasteiger partial charge in [0.05, 0.1) is 0 Å². The van der Waals surface area contributed by atoms with Crippen molar-refractivity contribution >= 4 is 39.4 Å². The third-order valence-corrected chi connectivity index (χ3v) is 4.56. The summed E-state index contributed by atoms with van der Waals surface area (Å²) < 4.78 is 1.62. The molecule has 1 nitrogen and oxygen atoms in total. The standard InChI is InChI=1S/C2H6Cl3NSi/c1-6(2)7(3,4)5/h1-2H3. The molecule has 0 aliphatic rings. The average molecular weight is 179 g/mol. The summed E-state index contributed by atoms with van der Waals surface area (Å²) in [6.45, 7) is 0. The smallest absolute Gasteiger partial charge is 0.293 e. The fourth-order valence-corrected chi connectivity index (χ4v) is 0. The van der Waals surface area contributed by atoms with Crippen molar-refractivity contribution in [2.75, 3.05) is 14.1 Å². The van der Waals surface area contributed by atoms with Gasteiger partial charge in [0.2, 0.25) is 0 Å². The second-order valence-corrected chi connectivity index (χ2v) is 9.86. The Kier molecular flexibility index (Phi) is 2.93. The van der Waals surface area contributed by atoms with Crippen LogP contribution in [0.5, 0.6) is 0 Å². The van der Waals surface area contributed by atoms with Gasteiger partial charge >= 0.3 is 6.16 Å². The number of hydrogen-bond acceptors (Lipinski definition) is 1. The predicted octanol–water partition coefficient (Wildman–Crippen LogP) is 1.70. The maximum absolute atomic E-state index is 5.46. The van der Waals surface area contributed by atoms with Crippen LogP contribution in [0.3, 0.4) is 0 Å². The van der Waals surface area contributed by atoms with Crippen molar-refractivity contribution in [3.05, 3.63) is 0 Å². The largest absolute Gasteiger partial charge is 0.424 e. The van der Waals surface area contributed by atoms with Gasteiger partial charge in [-0.2, -0.15) is 0 Å². The Morgan fingerprint density at radius 1 is 1.14 bits per heavy atom. The Balaban J connectivity index is 3.54. The third kappa shape index (κ3) is 3.61. The van der Waals surface area contributed by atoms with Gasteiger partial charge in [-0.15, -0.1) is 33.2 Å². The van der Waals surface area contributed by atoms with Crippen molar-refractivity contribution < 1.29 is 0 Å². The summed E-state index contributed by atoms with van der Waals surface area (Å²) >= 11 is 16.4. The molecule has 0 aromatic carbocycles. The van der Waals surface area contributed by atoms with Gasteiger partial charge in [0.15, 0.2) is 0 Å². The third-order valence-electron chi connectivity index (χ3n) is 0.507. The molecule has 44 valence electrons. The molecule has 0 aromatic rings. The normalized spacial score (nSPS) is 12.9. The van der Waals surface area contributed by atoms with E-state index in [0.717, 1.165) is 0 Å². The Morgan fingerprint density at radius 3 is 1.29 bits per heavy atom. The molecular weight excluding hydrogens is 172 g/mol. The molecule has 0 spiro atoms. The molecule has 0 saturated heterocycles. The summed E-state index contributed by atoms with van der Waals surface area (Å²) in [7, 11) is 3.50. The summed E-state index contributed by atoms with van der Waals surface area (Å²) in [5, 5.41) is 0. The van der Waals surface area contributed by atoms with E-state index < -0.39 is 6.16 Å². The summed E-state index contributed by atoms with van der Waals surface area (Å²) in [5.74, 6) is 0. The van der Waals surface area contributed by atoms with Crippen LogP contribution in [0.15, 0.2) is 0 Å². The van der Waals surface area contributed by atoms with Crippen LogP contribution >= 0.6 is 33.2 Å². The second kappa shape index (κ2) is 2.55. The van der Waals surface area contributed by atoms with E-state index in [1.165, 1.54) is 0 Å². The lowest BCUT2D eigenvalue weighted by Crippen LogP contribution is -2.32. The van der Waals surface area contributed by atoms with E-state index in [2.05, 4.69) is 0 Å². The van der Waals surface area contributed by atoms with E-state index >= 15 is 0 Å². The van der Waals surface area contributed by atoms with Crippen LogP contribution in [0.1, 0.15) is 0 Å². The van der Waals surface area contributed by atoms with Crippen molar-refractivity contribution in [3.8, 4) is 0 Å². The lowest BCUT2D eigenvalue weighted by atomic mass is 11.3. The topological polar surface area (TPSA) is 3.24 Å². The van der Waals surface area contributed by atoms with Gasteiger partial charge in [-0.05, 0) is 14.1 Å². The fourth-order valence-electron chi connectivity index (χ4n) is 0. The van der Waals surface area contributed by atoms with Gasteiger partial charge in [0, 0.05) is 0 Å². The maximum Gasteiger partial charge on any atom is 0.424 e.